The number of thioether (sulfide) groups is 1. The van der Waals surface area contributed by atoms with E-state index in [1.165, 1.54) is 64.2 Å². The van der Waals surface area contributed by atoms with Gasteiger partial charge in [0.1, 0.15) is 90.3 Å². The highest BCUT2D eigenvalue weighted by molar-refractivity contribution is 8.00. The Balaban J connectivity index is 1.16. The number of phenols is 1. The van der Waals surface area contributed by atoms with Gasteiger partial charge in [-0.15, -0.1) is 11.8 Å². The van der Waals surface area contributed by atoms with Gasteiger partial charge >= 0.3 is 0 Å². The molecule has 3 aliphatic heterocycles. The van der Waals surface area contributed by atoms with Crippen LogP contribution in [0.1, 0.15) is 122 Å². The molecule has 0 spiro atoms. The van der Waals surface area contributed by atoms with E-state index < -0.39 is 229 Å². The molecule has 0 saturated carbocycles. The zero-order valence-electron chi connectivity index (χ0n) is 73.0. The third-order valence-electron chi connectivity index (χ3n) is 22.9. The zero-order valence-corrected chi connectivity index (χ0v) is 73.8. The van der Waals surface area contributed by atoms with E-state index in [-0.39, 0.29) is 102 Å². The van der Waals surface area contributed by atoms with Crippen LogP contribution in [-0.4, -0.2) is 313 Å². The number of hydrogen-bond acceptors (Lipinski definition) is 22. The highest BCUT2D eigenvalue weighted by Crippen LogP contribution is 2.27. The summed E-state index contributed by atoms with van der Waals surface area (Å²) in [5.41, 5.74) is 19.3. The number of likely N-dealkylation sites (N-methyl/N-ethyl adjacent to an activating group) is 3. The van der Waals surface area contributed by atoms with Gasteiger partial charge in [0, 0.05) is 100.0 Å². The summed E-state index contributed by atoms with van der Waals surface area (Å²) >= 11 is 0.750. The number of phenolic OH excluding ortho intramolecular Hbond substituents is 1. The van der Waals surface area contributed by atoms with Crippen LogP contribution in [0.4, 0.5) is 0 Å². The van der Waals surface area contributed by atoms with E-state index in [1.807, 2.05) is 6.92 Å². The van der Waals surface area contributed by atoms with E-state index in [2.05, 4.69) is 68.5 Å². The van der Waals surface area contributed by atoms with Crippen molar-refractivity contribution in [2.45, 2.75) is 209 Å². The summed E-state index contributed by atoms with van der Waals surface area (Å²) in [6, 6.07) is -2.03. The minimum absolute atomic E-state index is 0.00859. The Morgan fingerprint density at radius 3 is 1.52 bits per heavy atom. The summed E-state index contributed by atoms with van der Waals surface area (Å²) in [7, 11) is 3.81. The number of H-pyrrole nitrogens is 2. The van der Waals surface area contributed by atoms with Crippen LogP contribution in [0, 0.1) is 11.3 Å². The van der Waals surface area contributed by atoms with Crippen LogP contribution in [-0.2, 0) is 101 Å². The Kier molecular flexibility index (Phi) is 37.4. The first kappa shape index (κ1) is 100. The van der Waals surface area contributed by atoms with Crippen LogP contribution in [0.5, 0.6) is 5.75 Å². The number of aromatic amines is 2. The normalized spacial score (nSPS) is 24.9. The number of guanidine groups is 1. The van der Waals surface area contributed by atoms with E-state index in [9.17, 15) is 68.1 Å². The summed E-state index contributed by atoms with van der Waals surface area (Å²) in [5.74, 6) is -18.0. The molecule has 3 saturated heterocycles. The number of nitrogens with two attached hydrogens (primary N) is 3. The Labute approximate surface area is 743 Å². The van der Waals surface area contributed by atoms with Crippen LogP contribution in [0.15, 0.2) is 85.2 Å². The number of fused-ring (bicyclic) bond motifs is 4. The number of hydrogen-bond donors (Lipinski definition) is 20. The highest BCUT2D eigenvalue weighted by Gasteiger charge is 2.45. The lowest BCUT2D eigenvalue weighted by molar-refractivity contribution is -0.149. The highest BCUT2D eigenvalue weighted by atomic mass is 32.2. The average molecular weight is 1800 g/mol. The Morgan fingerprint density at radius 2 is 0.984 bits per heavy atom. The molecule has 0 aliphatic carbocycles. The Morgan fingerprint density at radius 1 is 0.516 bits per heavy atom. The molecule has 14 atom stereocenters. The molecule has 696 valence electrons. The second-order valence-corrected chi connectivity index (χ2v) is 33.7. The third kappa shape index (κ3) is 27.5. The predicted molar refractivity (Wildman–Crippen MR) is 469 cm³/mol. The summed E-state index contributed by atoms with van der Waals surface area (Å²) < 4.78 is 0. The number of para-hydroxylation sites is 2. The molecule has 128 heavy (non-hydrogen) atoms. The largest absolute Gasteiger partial charge is 0.508 e. The fourth-order valence-corrected chi connectivity index (χ4v) is 16.4. The van der Waals surface area contributed by atoms with Gasteiger partial charge in [0.05, 0.1) is 31.9 Å². The van der Waals surface area contributed by atoms with Crippen molar-refractivity contribution >= 4 is 140 Å². The number of carbonyl (C=O) groups is 17. The van der Waals surface area contributed by atoms with E-state index >= 15 is 28.8 Å². The van der Waals surface area contributed by atoms with Crippen molar-refractivity contribution in [1.29, 1.82) is 5.41 Å². The summed E-state index contributed by atoms with van der Waals surface area (Å²) in [4.78, 5) is 258. The molecule has 42 nitrogen and oxygen atoms in total. The maximum atomic E-state index is 15.5. The van der Waals surface area contributed by atoms with Crippen LogP contribution in [0.3, 0.4) is 0 Å². The van der Waals surface area contributed by atoms with Gasteiger partial charge in [0.25, 0.3) is 0 Å². The van der Waals surface area contributed by atoms with Crippen LogP contribution < -0.4 is 75.7 Å². The van der Waals surface area contributed by atoms with E-state index in [1.54, 1.807) is 74.8 Å². The van der Waals surface area contributed by atoms with Gasteiger partial charge in [-0.3, -0.25) is 86.9 Å². The van der Waals surface area contributed by atoms with E-state index in [4.69, 9.17) is 22.6 Å². The first-order chi connectivity index (χ1) is 60.8. The van der Waals surface area contributed by atoms with Gasteiger partial charge in [-0.2, -0.15) is 0 Å². The maximum absolute atomic E-state index is 15.5. The molecule has 3 aliphatic rings. The molecule has 43 heteroatoms. The number of unbranched alkanes of at least 4 members (excludes halogenated alkanes) is 1. The van der Waals surface area contributed by atoms with Gasteiger partial charge in [0.2, 0.25) is 100 Å². The number of primary amides is 2. The minimum Gasteiger partial charge on any atom is -0.508 e. The molecule has 8 rings (SSSR count). The second-order valence-electron chi connectivity index (χ2n) is 32.7. The van der Waals surface area contributed by atoms with E-state index in [0.29, 0.717) is 51.3 Å². The molecule has 0 radical (unpaired) electrons. The van der Waals surface area contributed by atoms with E-state index in [0.717, 1.165) is 31.4 Å². The number of carbonyl (C=O) groups excluding carboxylic acids is 17. The molecule has 0 bridgehead atoms. The molecular formula is C85H120N22O20S. The molecular weight excluding hydrogens is 1680 g/mol. The van der Waals surface area contributed by atoms with Crippen molar-refractivity contribution in [3.8, 4) is 5.75 Å². The molecule has 17 amide bonds. The number of amides is 17. The molecule has 23 N–H and O–H groups in total. The van der Waals surface area contributed by atoms with Gasteiger partial charge < -0.3 is 125 Å². The molecule has 1 unspecified atom stereocenters. The van der Waals surface area contributed by atoms with Crippen molar-refractivity contribution in [2.75, 3.05) is 72.0 Å². The van der Waals surface area contributed by atoms with Gasteiger partial charge in [-0.1, -0.05) is 82.1 Å². The molecule has 5 aromatic rings. The fourth-order valence-electron chi connectivity index (χ4n) is 15.5. The van der Waals surface area contributed by atoms with Gasteiger partial charge in [-0.05, 0) is 112 Å². The number of nitrogens with one attached hydrogen (secondary N) is 14. The first-order valence-corrected chi connectivity index (χ1v) is 43.7. The smallest absolute Gasteiger partial charge is 0.246 e. The standard InChI is InChI=1S/C85H120N22O20S/c1-9-10-23-67-84(127)104(7)47(5)71(114)95-56(22-15-30-90-85(88)89)74(117)102-64(73(116)93-40-69(87)112)43-128-44-70(113)94-59(34-48-26-28-51(110)29-27-48)80(123)103(6)46(4)72(115)97-61(37-68(86)111)83(126)107-32-17-25-66(107)79(122)101-63(42-109)77(120)98-58(33-45(2)3)82(125)106-31-16-24-65(106)78(121)96-57(35-49-38-91-54-20-13-11-18-52(49)54)75(118)100-62(41-108)76(119)99-60(81(124)105(67)8)36-50-39-92-55-21-14-12-19-53(50)55/h11-14,18-21,26-29,38-39,45-47,56-67,91-92,108-110H,9-10,15-17,22-25,30-37,40-44H2,1-8H3,(H2,86,111)(H2,87,112)(H,93,116)(H,94,113)(H,95,114)(H,96,121)(H,97,115)(H,98,120)(H,99,119)(H,100,118)(H,101,122)(H,102,117)(H4,88,89,90)/t46-,47-,56-,57-,58-,59-,60-,61-,62-,63-,64?,65-,66-,67-/m0/s1. The van der Waals surface area contributed by atoms with Crippen LogP contribution >= 0.6 is 11.8 Å². The average Bonchev–Trinajstić information content (AvgIpc) is 1.61. The van der Waals surface area contributed by atoms with Crippen molar-refractivity contribution in [2.24, 2.45) is 23.1 Å². The molecule has 3 aromatic carbocycles. The monoisotopic (exact) mass is 1800 g/mol. The molecule has 2 aromatic heterocycles. The number of aliphatic hydroxyl groups is 2. The molecule has 5 heterocycles. The summed E-state index contributed by atoms with van der Waals surface area (Å²) in [6.07, 6.45) is 2.65. The number of rotatable bonds is 22. The number of aromatic hydroxyl groups is 1. The van der Waals surface area contributed by atoms with Gasteiger partial charge in [-0.25, -0.2) is 0 Å². The van der Waals surface area contributed by atoms with Crippen molar-refractivity contribution in [1.82, 2.24) is 93.0 Å². The van der Waals surface area contributed by atoms with Crippen LogP contribution in [0.2, 0.25) is 0 Å². The SMILES string of the molecule is CCCC[C@H]1C(=O)N(C)[C@@H](C)C(=O)N[C@@H](CCCNC(=N)N)C(=O)NC(C(=O)NCC(N)=O)CSCC(=O)N[C@@H](Cc2ccc(O)cc2)C(=O)N(C)[C@@H](C)C(=O)N[C@@H](CC(N)=O)C(=O)N2CCC[C@H]2C(=O)N[C@@H](CO)C(=O)N[C@@H](CC(C)C)C(=O)N2CCC[C@H]2C(=O)N[C@@H](Cc2c[nH]c3ccccc23)C(=O)N[C@@H](CO)C(=O)N[C@@H](Cc2c[nH]c3ccccc23)C(=O)N1C. The van der Waals surface area contributed by atoms with Crippen molar-refractivity contribution in [3.05, 3.63) is 102 Å². The Bertz CT molecular complexity index is 4850. The maximum Gasteiger partial charge on any atom is 0.246 e. The number of nitrogens with zero attached hydrogens (tertiary/aromatic N) is 5. The fraction of sp³-hybridized carbons (Fsp3) is 0.529. The summed E-state index contributed by atoms with van der Waals surface area (Å²) in [6.45, 7) is 4.91. The lowest BCUT2D eigenvalue weighted by Gasteiger charge is -2.35. The first-order valence-electron chi connectivity index (χ1n) is 42.6. The van der Waals surface area contributed by atoms with Crippen molar-refractivity contribution in [3.63, 3.8) is 0 Å². The number of benzene rings is 3. The number of aromatic nitrogens is 2. The third-order valence-corrected chi connectivity index (χ3v) is 23.9. The van der Waals surface area contributed by atoms with Gasteiger partial charge in [0.15, 0.2) is 5.96 Å². The minimum atomic E-state index is -1.85. The summed E-state index contributed by atoms with van der Waals surface area (Å²) in [5, 5.41) is 69.5. The lowest BCUT2D eigenvalue weighted by Crippen LogP contribution is -2.61. The second kappa shape index (κ2) is 47.6. The molecule has 3 fully saturated rings. The van der Waals surface area contributed by atoms with Crippen molar-refractivity contribution < 1.29 is 96.8 Å². The van der Waals surface area contributed by atoms with Crippen LogP contribution in [0.25, 0.3) is 21.8 Å². The predicted octanol–water partition coefficient (Wildman–Crippen LogP) is -4.04. The zero-order chi connectivity index (χ0) is 93.9. The Hall–Kier alpha value is -12.9. The quantitative estimate of drug-likeness (QED) is 0.0178. The topological polar surface area (TPSA) is 633 Å². The number of aliphatic hydroxyl groups excluding tert-OH is 2. The lowest BCUT2D eigenvalue weighted by atomic mass is 10.0.